The molecule has 3 aliphatic rings. The highest BCUT2D eigenvalue weighted by Gasteiger charge is 2.29. The average Bonchev–Trinajstić information content (AvgIpc) is 3.37. The Bertz CT molecular complexity index is 1370. The van der Waals surface area contributed by atoms with Crippen LogP contribution in [0.15, 0.2) is 60.8 Å². The van der Waals surface area contributed by atoms with Crippen molar-refractivity contribution in [2.24, 2.45) is 0 Å². The number of aromatic nitrogens is 1. The van der Waals surface area contributed by atoms with E-state index in [0.717, 1.165) is 12.3 Å². The molecule has 4 aromatic rings. The first-order chi connectivity index (χ1) is 15.8. The Morgan fingerprint density at radius 2 is 1.56 bits per heavy atom. The van der Waals surface area contributed by atoms with Crippen molar-refractivity contribution in [3.8, 4) is 22.4 Å². The van der Waals surface area contributed by atoms with E-state index < -0.39 is 0 Å². The van der Waals surface area contributed by atoms with Crippen LogP contribution in [0.1, 0.15) is 78.2 Å². The van der Waals surface area contributed by atoms with Gasteiger partial charge in [0.15, 0.2) is 0 Å². The summed E-state index contributed by atoms with van der Waals surface area (Å²) < 4.78 is 0. The summed E-state index contributed by atoms with van der Waals surface area (Å²) in [7, 11) is 0. The van der Waals surface area contributed by atoms with Crippen molar-refractivity contribution in [2.45, 2.75) is 63.7 Å². The summed E-state index contributed by atoms with van der Waals surface area (Å²) in [6, 6.07) is 21.0. The highest BCUT2D eigenvalue weighted by Crippen LogP contribution is 2.47. The van der Waals surface area contributed by atoms with Crippen LogP contribution in [0.3, 0.4) is 0 Å². The van der Waals surface area contributed by atoms with Crippen molar-refractivity contribution in [1.82, 2.24) is 4.98 Å². The van der Waals surface area contributed by atoms with Gasteiger partial charge in [-0.3, -0.25) is 4.98 Å². The third-order valence-electron chi connectivity index (χ3n) is 8.11. The fraction of sp³-hybridized carbons (Fsp3) is 0.323. The van der Waals surface area contributed by atoms with Gasteiger partial charge in [-0.2, -0.15) is 0 Å². The standard InChI is InChI=1S/C31H29N/c1-19-14-26-24-9-5-4-8-23(24)17-28(26)29(15-19)31-25-13-12-22(20-6-2-3-7-20)16-27(25)30(18-32-31)21-10-11-21/h4-5,8-9,12-16,18,20-21H,2-3,6-7,10-11,17H2,1H3. The molecule has 0 radical (unpaired) electrons. The molecule has 3 aromatic carbocycles. The Hall–Kier alpha value is -2.93. The predicted molar refractivity (Wildman–Crippen MR) is 133 cm³/mol. The molecule has 0 atom stereocenters. The second kappa shape index (κ2) is 7.04. The molecular weight excluding hydrogens is 386 g/mol. The number of aryl methyl sites for hydroxylation is 1. The zero-order valence-corrected chi connectivity index (χ0v) is 18.8. The Labute approximate surface area is 190 Å². The normalized spacial score (nSPS) is 17.7. The van der Waals surface area contributed by atoms with Crippen LogP contribution in [0.25, 0.3) is 33.2 Å². The predicted octanol–water partition coefficient (Wildman–Crippen LogP) is 8.32. The molecule has 0 saturated heterocycles. The lowest BCUT2D eigenvalue weighted by Crippen LogP contribution is -1.98. The molecule has 7 rings (SSSR count). The first-order valence-corrected chi connectivity index (χ1v) is 12.4. The van der Waals surface area contributed by atoms with Crippen LogP contribution in [0.4, 0.5) is 0 Å². The Kier molecular flexibility index (Phi) is 4.09. The molecule has 2 fully saturated rings. The maximum atomic E-state index is 5.15. The van der Waals surface area contributed by atoms with Gasteiger partial charge in [0.25, 0.3) is 0 Å². The van der Waals surface area contributed by atoms with Gasteiger partial charge in [-0.25, -0.2) is 0 Å². The van der Waals surface area contributed by atoms with E-state index in [-0.39, 0.29) is 0 Å². The van der Waals surface area contributed by atoms with Crippen molar-refractivity contribution >= 4 is 10.8 Å². The molecule has 0 aliphatic heterocycles. The van der Waals surface area contributed by atoms with Crippen LogP contribution in [-0.4, -0.2) is 4.98 Å². The van der Waals surface area contributed by atoms with Crippen molar-refractivity contribution in [1.29, 1.82) is 0 Å². The number of rotatable bonds is 3. The van der Waals surface area contributed by atoms with E-state index in [4.69, 9.17) is 4.98 Å². The molecule has 1 aromatic heterocycles. The van der Waals surface area contributed by atoms with Gasteiger partial charge in [-0.1, -0.05) is 61.4 Å². The summed E-state index contributed by atoms with van der Waals surface area (Å²) in [4.78, 5) is 5.15. The number of hydrogen-bond acceptors (Lipinski definition) is 1. The molecule has 0 N–H and O–H groups in total. The number of fused-ring (bicyclic) bond motifs is 4. The second-order valence-electron chi connectivity index (χ2n) is 10.3. The summed E-state index contributed by atoms with van der Waals surface area (Å²) in [5.41, 5.74) is 12.6. The average molecular weight is 416 g/mol. The summed E-state index contributed by atoms with van der Waals surface area (Å²) in [6.07, 6.45) is 11.3. The molecule has 0 amide bonds. The molecule has 158 valence electrons. The van der Waals surface area contributed by atoms with Gasteiger partial charge in [-0.15, -0.1) is 0 Å². The molecular formula is C31H29N. The third kappa shape index (κ3) is 2.87. The van der Waals surface area contributed by atoms with Gasteiger partial charge < -0.3 is 0 Å². The van der Waals surface area contributed by atoms with Crippen molar-refractivity contribution < 1.29 is 0 Å². The number of benzene rings is 3. The minimum absolute atomic E-state index is 0.713. The Morgan fingerprint density at radius 1 is 0.750 bits per heavy atom. The van der Waals surface area contributed by atoms with E-state index in [1.54, 1.807) is 5.56 Å². The minimum Gasteiger partial charge on any atom is -0.255 e. The lowest BCUT2D eigenvalue weighted by atomic mass is 9.89. The number of nitrogens with zero attached hydrogens (tertiary/aromatic N) is 1. The SMILES string of the molecule is Cc1cc2c(c(-c3ncc(C4CC4)c4cc(C5CCCC5)ccc34)c1)Cc1ccccc1-2. The topological polar surface area (TPSA) is 12.9 Å². The summed E-state index contributed by atoms with van der Waals surface area (Å²) in [6.45, 7) is 2.23. The van der Waals surface area contributed by atoms with Gasteiger partial charge in [0.05, 0.1) is 5.69 Å². The van der Waals surface area contributed by atoms with E-state index in [9.17, 15) is 0 Å². The molecule has 1 heterocycles. The largest absolute Gasteiger partial charge is 0.255 e. The molecule has 3 aliphatic carbocycles. The third-order valence-corrected chi connectivity index (χ3v) is 8.11. The molecule has 2 saturated carbocycles. The molecule has 1 heteroatoms. The van der Waals surface area contributed by atoms with E-state index in [1.807, 2.05) is 0 Å². The van der Waals surface area contributed by atoms with Gasteiger partial charge in [0.2, 0.25) is 0 Å². The van der Waals surface area contributed by atoms with Crippen LogP contribution in [0, 0.1) is 6.92 Å². The van der Waals surface area contributed by atoms with Crippen molar-refractivity contribution in [2.75, 3.05) is 0 Å². The van der Waals surface area contributed by atoms with Crippen LogP contribution in [0.5, 0.6) is 0 Å². The minimum atomic E-state index is 0.713. The first-order valence-electron chi connectivity index (χ1n) is 12.4. The van der Waals surface area contributed by atoms with Crippen LogP contribution >= 0.6 is 0 Å². The van der Waals surface area contributed by atoms with E-state index >= 15 is 0 Å². The smallest absolute Gasteiger partial charge is 0.0783 e. The molecule has 0 unspecified atom stereocenters. The van der Waals surface area contributed by atoms with Crippen molar-refractivity contribution in [3.63, 3.8) is 0 Å². The zero-order valence-electron chi connectivity index (χ0n) is 18.8. The van der Waals surface area contributed by atoms with E-state index in [1.165, 1.54) is 93.9 Å². The van der Waals surface area contributed by atoms with Gasteiger partial charge in [0.1, 0.15) is 0 Å². The monoisotopic (exact) mass is 415 g/mol. The summed E-state index contributed by atoms with van der Waals surface area (Å²) >= 11 is 0. The van der Waals surface area contributed by atoms with E-state index in [0.29, 0.717) is 5.92 Å². The van der Waals surface area contributed by atoms with E-state index in [2.05, 4.69) is 67.7 Å². The number of pyridine rings is 1. The summed E-state index contributed by atoms with van der Waals surface area (Å²) in [5, 5.41) is 2.81. The van der Waals surface area contributed by atoms with Crippen molar-refractivity contribution in [3.05, 3.63) is 88.6 Å². The van der Waals surface area contributed by atoms with Crippen LogP contribution < -0.4 is 0 Å². The van der Waals surface area contributed by atoms with Gasteiger partial charge in [-0.05, 0) is 101 Å². The highest BCUT2D eigenvalue weighted by molar-refractivity contribution is 5.99. The maximum Gasteiger partial charge on any atom is 0.0783 e. The molecule has 1 nitrogen and oxygen atoms in total. The highest BCUT2D eigenvalue weighted by atomic mass is 14.7. The first kappa shape index (κ1) is 18.6. The Morgan fingerprint density at radius 3 is 2.41 bits per heavy atom. The molecule has 32 heavy (non-hydrogen) atoms. The van der Waals surface area contributed by atoms with Gasteiger partial charge >= 0.3 is 0 Å². The molecule has 0 bridgehead atoms. The lowest BCUT2D eigenvalue weighted by Gasteiger charge is -2.17. The zero-order chi connectivity index (χ0) is 21.2. The maximum absolute atomic E-state index is 5.15. The van der Waals surface area contributed by atoms with Gasteiger partial charge in [0, 0.05) is 17.1 Å². The summed E-state index contributed by atoms with van der Waals surface area (Å²) in [5.74, 6) is 1.46. The second-order valence-corrected chi connectivity index (χ2v) is 10.3. The Balaban J connectivity index is 1.45. The van der Waals surface area contributed by atoms with Crippen LogP contribution in [0.2, 0.25) is 0 Å². The fourth-order valence-corrected chi connectivity index (χ4v) is 6.31. The number of hydrogen-bond donors (Lipinski definition) is 0. The quantitative estimate of drug-likeness (QED) is 0.289. The van der Waals surface area contributed by atoms with Crippen LogP contribution in [-0.2, 0) is 6.42 Å². The molecule has 0 spiro atoms. The fourth-order valence-electron chi connectivity index (χ4n) is 6.31. The lowest BCUT2D eigenvalue weighted by molar-refractivity contribution is 0.724.